The van der Waals surface area contributed by atoms with Crippen LogP contribution in [0, 0.1) is 0 Å². The van der Waals surface area contributed by atoms with E-state index >= 15 is 0 Å². The Morgan fingerprint density at radius 3 is 3.08 bits per heavy atom. The van der Waals surface area contributed by atoms with Crippen molar-refractivity contribution in [3.63, 3.8) is 0 Å². The molecule has 2 aliphatic rings. The van der Waals surface area contributed by atoms with Crippen molar-refractivity contribution >= 4 is 11.8 Å². The van der Waals surface area contributed by atoms with Gasteiger partial charge >= 0.3 is 0 Å². The van der Waals surface area contributed by atoms with Crippen LogP contribution in [0.2, 0.25) is 0 Å². The van der Waals surface area contributed by atoms with Gasteiger partial charge in [0.15, 0.2) is 0 Å². The van der Waals surface area contributed by atoms with Gasteiger partial charge in [0.25, 0.3) is 0 Å². The molecule has 0 aromatic heterocycles. The maximum Gasteiger partial charge on any atom is 0.0318 e. The Morgan fingerprint density at radius 2 is 2.38 bits per heavy atom. The van der Waals surface area contributed by atoms with Crippen molar-refractivity contribution in [1.82, 2.24) is 0 Å². The van der Waals surface area contributed by atoms with Gasteiger partial charge in [0.2, 0.25) is 0 Å². The number of hydrogen-bond donors (Lipinski definition) is 0. The fourth-order valence-corrected chi connectivity index (χ4v) is 2.69. The topological polar surface area (TPSA) is 0 Å². The first-order valence-electron chi connectivity index (χ1n) is 4.66. The highest BCUT2D eigenvalue weighted by Crippen LogP contribution is 2.41. The number of allylic oxidation sites excluding steroid dienone is 6. The molecule has 0 bridgehead atoms. The Morgan fingerprint density at radius 1 is 1.54 bits per heavy atom. The SMILES string of the molecule is CC(C)=CCC1C=C2C=CC=C2S1. The highest BCUT2D eigenvalue weighted by Gasteiger charge is 2.20. The van der Waals surface area contributed by atoms with Crippen molar-refractivity contribution in [2.75, 3.05) is 0 Å². The molecule has 0 fully saturated rings. The van der Waals surface area contributed by atoms with E-state index in [4.69, 9.17) is 0 Å². The molecule has 2 rings (SSSR count). The van der Waals surface area contributed by atoms with E-state index in [9.17, 15) is 0 Å². The number of rotatable bonds is 2. The van der Waals surface area contributed by atoms with Crippen molar-refractivity contribution < 1.29 is 0 Å². The first-order valence-corrected chi connectivity index (χ1v) is 5.54. The number of thioether (sulfide) groups is 1. The molecule has 0 radical (unpaired) electrons. The van der Waals surface area contributed by atoms with Crippen molar-refractivity contribution in [3.8, 4) is 0 Å². The fourth-order valence-electron chi connectivity index (χ4n) is 1.53. The monoisotopic (exact) mass is 190 g/mol. The van der Waals surface area contributed by atoms with Crippen LogP contribution in [-0.4, -0.2) is 5.25 Å². The van der Waals surface area contributed by atoms with Crippen molar-refractivity contribution in [1.29, 1.82) is 0 Å². The summed E-state index contributed by atoms with van der Waals surface area (Å²) in [6.45, 7) is 4.32. The highest BCUT2D eigenvalue weighted by molar-refractivity contribution is 8.04. The van der Waals surface area contributed by atoms with Crippen LogP contribution in [0.5, 0.6) is 0 Å². The third-order valence-corrected chi connectivity index (χ3v) is 3.47. The third-order valence-electron chi connectivity index (χ3n) is 2.21. The van der Waals surface area contributed by atoms with Crippen LogP contribution in [0.4, 0.5) is 0 Å². The molecule has 0 spiro atoms. The minimum atomic E-state index is 0.668. The maximum atomic E-state index is 2.37. The Kier molecular flexibility index (Phi) is 2.45. The van der Waals surface area contributed by atoms with Gasteiger partial charge in [0.05, 0.1) is 0 Å². The predicted molar refractivity (Wildman–Crippen MR) is 60.7 cm³/mol. The zero-order valence-electron chi connectivity index (χ0n) is 8.08. The molecule has 68 valence electrons. The average Bonchev–Trinajstić information content (AvgIpc) is 2.58. The molecule has 1 heteroatoms. The van der Waals surface area contributed by atoms with Crippen molar-refractivity contribution in [2.24, 2.45) is 0 Å². The van der Waals surface area contributed by atoms with Gasteiger partial charge in [0.1, 0.15) is 0 Å². The number of hydrogen-bond acceptors (Lipinski definition) is 1. The summed E-state index contributed by atoms with van der Waals surface area (Å²) in [4.78, 5) is 1.45. The summed E-state index contributed by atoms with van der Waals surface area (Å²) in [5.41, 5.74) is 2.85. The van der Waals surface area contributed by atoms with Crippen LogP contribution in [0.3, 0.4) is 0 Å². The van der Waals surface area contributed by atoms with Gasteiger partial charge in [-0.3, -0.25) is 0 Å². The predicted octanol–water partition coefficient (Wildman–Crippen LogP) is 3.84. The van der Waals surface area contributed by atoms with E-state index in [0.29, 0.717) is 5.25 Å². The summed E-state index contributed by atoms with van der Waals surface area (Å²) in [5, 5.41) is 0.668. The molecular formula is C12H14S. The summed E-state index contributed by atoms with van der Waals surface area (Å²) >= 11 is 1.98. The van der Waals surface area contributed by atoms with E-state index < -0.39 is 0 Å². The van der Waals surface area contributed by atoms with Crippen LogP contribution in [-0.2, 0) is 0 Å². The fraction of sp³-hybridized carbons (Fsp3) is 0.333. The van der Waals surface area contributed by atoms with E-state index in [1.807, 2.05) is 11.8 Å². The smallest absolute Gasteiger partial charge is 0.0318 e. The third kappa shape index (κ3) is 1.97. The molecule has 1 heterocycles. The lowest BCUT2D eigenvalue weighted by Crippen LogP contribution is -1.91. The average molecular weight is 190 g/mol. The highest BCUT2D eigenvalue weighted by atomic mass is 32.2. The van der Waals surface area contributed by atoms with Crippen LogP contribution < -0.4 is 0 Å². The molecule has 0 nitrogen and oxygen atoms in total. The van der Waals surface area contributed by atoms with E-state index in [1.54, 1.807) is 0 Å². The van der Waals surface area contributed by atoms with E-state index in [-0.39, 0.29) is 0 Å². The molecule has 1 aliphatic heterocycles. The molecule has 0 N–H and O–H groups in total. The Hall–Kier alpha value is -0.690. The molecule has 0 saturated carbocycles. The van der Waals surface area contributed by atoms with E-state index in [0.717, 1.165) is 0 Å². The van der Waals surface area contributed by atoms with Crippen LogP contribution in [0.15, 0.2) is 46.4 Å². The quantitative estimate of drug-likeness (QED) is 0.596. The largest absolute Gasteiger partial charge is 0.118 e. The van der Waals surface area contributed by atoms with Gasteiger partial charge in [-0.15, -0.1) is 11.8 Å². The van der Waals surface area contributed by atoms with Crippen molar-refractivity contribution in [2.45, 2.75) is 25.5 Å². The van der Waals surface area contributed by atoms with Gasteiger partial charge in [-0.25, -0.2) is 0 Å². The zero-order chi connectivity index (χ0) is 9.26. The van der Waals surface area contributed by atoms with Gasteiger partial charge in [-0.2, -0.15) is 0 Å². The van der Waals surface area contributed by atoms with Crippen LogP contribution in [0.25, 0.3) is 0 Å². The van der Waals surface area contributed by atoms with Gasteiger partial charge < -0.3 is 0 Å². The standard InChI is InChI=1S/C12H14S/c1-9(2)6-7-11-8-10-4-3-5-12(10)13-11/h3-6,8,11H,7H2,1-2H3. The second-order valence-corrected chi connectivity index (χ2v) is 4.97. The molecule has 1 atom stereocenters. The summed E-state index contributed by atoms with van der Waals surface area (Å²) in [5.74, 6) is 0. The minimum absolute atomic E-state index is 0.668. The van der Waals surface area contributed by atoms with E-state index in [2.05, 4.69) is 44.2 Å². The normalized spacial score (nSPS) is 24.0. The van der Waals surface area contributed by atoms with Crippen molar-refractivity contribution in [3.05, 3.63) is 46.4 Å². The van der Waals surface area contributed by atoms with Crippen LogP contribution in [0.1, 0.15) is 20.3 Å². The maximum absolute atomic E-state index is 2.37. The molecule has 0 aromatic carbocycles. The molecule has 13 heavy (non-hydrogen) atoms. The molecule has 1 aliphatic carbocycles. The molecule has 1 unspecified atom stereocenters. The lowest BCUT2D eigenvalue weighted by Gasteiger charge is -2.02. The molecule has 0 amide bonds. The van der Waals surface area contributed by atoms with Gasteiger partial charge in [-0.1, -0.05) is 29.9 Å². The minimum Gasteiger partial charge on any atom is -0.118 e. The summed E-state index contributed by atoms with van der Waals surface area (Å²) in [6.07, 6.45) is 12.4. The van der Waals surface area contributed by atoms with Gasteiger partial charge in [0, 0.05) is 10.2 Å². The zero-order valence-corrected chi connectivity index (χ0v) is 8.90. The molecule has 0 aromatic rings. The second-order valence-electron chi connectivity index (χ2n) is 3.69. The lowest BCUT2D eigenvalue weighted by molar-refractivity contribution is 1.06. The summed E-state index contributed by atoms with van der Waals surface area (Å²) < 4.78 is 0. The van der Waals surface area contributed by atoms with Gasteiger partial charge in [-0.05, 0) is 31.9 Å². The Bertz CT molecular complexity index is 325. The second kappa shape index (κ2) is 3.59. The molecule has 0 saturated heterocycles. The van der Waals surface area contributed by atoms with Crippen LogP contribution >= 0.6 is 11.8 Å². The summed E-state index contributed by atoms with van der Waals surface area (Å²) in [6, 6.07) is 0. The summed E-state index contributed by atoms with van der Waals surface area (Å²) in [7, 11) is 0. The Balaban J connectivity index is 2.00. The number of fused-ring (bicyclic) bond motifs is 1. The lowest BCUT2D eigenvalue weighted by atomic mass is 10.2. The van der Waals surface area contributed by atoms with E-state index in [1.165, 1.54) is 22.5 Å². The molecular weight excluding hydrogens is 176 g/mol. The first kappa shape index (κ1) is 8.89. The first-order chi connectivity index (χ1) is 6.25. The Labute approximate surface area is 84.1 Å².